The van der Waals surface area contributed by atoms with Gasteiger partial charge in [-0.3, -0.25) is 9.69 Å². The van der Waals surface area contributed by atoms with Crippen molar-refractivity contribution in [1.29, 1.82) is 5.26 Å². The number of amides is 1. The molecule has 5 rings (SSSR count). The number of halogens is 1. The first-order chi connectivity index (χ1) is 17.2. The van der Waals surface area contributed by atoms with Crippen molar-refractivity contribution < 1.29 is 9.53 Å². The van der Waals surface area contributed by atoms with E-state index in [2.05, 4.69) is 28.4 Å². The first-order valence-corrected chi connectivity index (χ1v) is 12.6. The topological polar surface area (TPSA) is 65.4 Å². The Bertz CT molecular complexity index is 1210. The number of fused-ring (bicyclic) bond motifs is 3. The van der Waals surface area contributed by atoms with E-state index in [-0.39, 0.29) is 18.3 Å². The van der Waals surface area contributed by atoms with Crippen LogP contribution in [0.4, 0.5) is 0 Å². The number of likely N-dealkylation sites (tertiary alicyclic amines) is 1. The summed E-state index contributed by atoms with van der Waals surface area (Å²) in [6.45, 7) is 3.46. The normalized spacial score (nSPS) is 18.5. The monoisotopic (exact) mass is 501 g/mol. The lowest BCUT2D eigenvalue weighted by atomic mass is 9.81. The van der Waals surface area contributed by atoms with E-state index in [0.717, 1.165) is 55.6 Å². The van der Waals surface area contributed by atoms with E-state index in [4.69, 9.17) is 4.74 Å². The van der Waals surface area contributed by atoms with Gasteiger partial charge >= 0.3 is 0 Å². The molecule has 0 aliphatic carbocycles. The number of hydrogen-bond acceptors (Lipinski definition) is 4. The molecule has 2 unspecified atom stereocenters. The van der Waals surface area contributed by atoms with Gasteiger partial charge in [0.25, 0.3) is 5.91 Å². The van der Waals surface area contributed by atoms with Crippen molar-refractivity contribution in [3.05, 3.63) is 89.5 Å². The van der Waals surface area contributed by atoms with E-state index in [1.165, 1.54) is 5.56 Å². The highest BCUT2D eigenvalue weighted by atomic mass is 35.5. The molecule has 1 saturated heterocycles. The molecule has 0 spiro atoms. The minimum absolute atomic E-state index is 0. The zero-order valence-corrected chi connectivity index (χ0v) is 21.2. The molecule has 2 aliphatic rings. The smallest absolute Gasteiger partial charge is 0.251 e. The largest absolute Gasteiger partial charge is 0.492 e. The lowest BCUT2D eigenvalue weighted by Crippen LogP contribution is -2.49. The van der Waals surface area contributed by atoms with Gasteiger partial charge < -0.3 is 10.1 Å². The molecular weight excluding hydrogens is 470 g/mol. The van der Waals surface area contributed by atoms with Crippen molar-refractivity contribution in [2.45, 2.75) is 37.6 Å². The highest BCUT2D eigenvalue weighted by Gasteiger charge is 2.37. The second-order valence-electron chi connectivity index (χ2n) is 9.43. The van der Waals surface area contributed by atoms with E-state index in [1.54, 1.807) is 0 Å². The molecule has 5 nitrogen and oxygen atoms in total. The van der Waals surface area contributed by atoms with Gasteiger partial charge in [0.15, 0.2) is 0 Å². The fraction of sp³-hybridized carbons (Fsp3) is 0.333. The summed E-state index contributed by atoms with van der Waals surface area (Å²) < 4.78 is 6.06. The number of ether oxygens (including phenoxy) is 1. The Balaban J connectivity index is 0.00000304. The minimum Gasteiger partial charge on any atom is -0.492 e. The third-order valence-electron chi connectivity index (χ3n) is 7.25. The molecule has 0 saturated carbocycles. The van der Waals surface area contributed by atoms with Crippen LogP contribution < -0.4 is 10.1 Å². The zero-order valence-electron chi connectivity index (χ0n) is 20.4. The summed E-state index contributed by atoms with van der Waals surface area (Å²) >= 11 is 0. The maximum absolute atomic E-state index is 12.6. The number of nitriles is 1. The van der Waals surface area contributed by atoms with E-state index < -0.39 is 0 Å². The van der Waals surface area contributed by atoms with Gasteiger partial charge in [0.05, 0.1) is 17.7 Å². The molecule has 186 valence electrons. The number of piperidine rings is 1. The molecule has 6 heteroatoms. The summed E-state index contributed by atoms with van der Waals surface area (Å²) in [5.74, 6) is 1.35. The highest BCUT2D eigenvalue weighted by molar-refractivity contribution is 5.94. The van der Waals surface area contributed by atoms with Gasteiger partial charge in [0.2, 0.25) is 0 Å². The predicted octanol–water partition coefficient (Wildman–Crippen LogP) is 5.80. The van der Waals surface area contributed by atoms with E-state index in [0.29, 0.717) is 36.2 Å². The van der Waals surface area contributed by atoms with Gasteiger partial charge in [-0.1, -0.05) is 42.5 Å². The van der Waals surface area contributed by atoms with Crippen molar-refractivity contribution in [3.8, 4) is 22.9 Å². The first-order valence-electron chi connectivity index (χ1n) is 12.6. The number of nitrogens with zero attached hydrogens (tertiary/aromatic N) is 2. The van der Waals surface area contributed by atoms with Crippen LogP contribution in [0.25, 0.3) is 11.1 Å². The summed E-state index contributed by atoms with van der Waals surface area (Å²) in [6.07, 6.45) is 4.28. The summed E-state index contributed by atoms with van der Waals surface area (Å²) in [6, 6.07) is 26.4. The summed E-state index contributed by atoms with van der Waals surface area (Å²) in [4.78, 5) is 15.1. The minimum atomic E-state index is -0.0202. The number of carbonyl (C=O) groups is 1. The van der Waals surface area contributed by atoms with Crippen LogP contribution in [-0.2, 0) is 0 Å². The van der Waals surface area contributed by atoms with Crippen LogP contribution in [0.15, 0.2) is 72.8 Å². The maximum atomic E-state index is 12.6. The van der Waals surface area contributed by atoms with Crippen molar-refractivity contribution in [1.82, 2.24) is 10.2 Å². The standard InChI is InChI=1S/C30H31N3O2.ClH/c31-20-22-10-15-29-27(19-22)26-9-6-18-33(28(26)21-35-29)17-5-4-16-32-30(34)25-13-11-24(12-14-25)23-7-2-1-3-8-23;/h1-3,7-8,10-15,19,26,28H,4-6,9,16-18,21H2,(H,32,34);1H. The Morgan fingerprint density at radius 3 is 2.58 bits per heavy atom. The lowest BCUT2D eigenvalue weighted by Gasteiger charge is -2.44. The average Bonchev–Trinajstić information content (AvgIpc) is 2.93. The van der Waals surface area contributed by atoms with Gasteiger partial charge in [0.1, 0.15) is 12.4 Å². The van der Waals surface area contributed by atoms with Crippen LogP contribution in [0.3, 0.4) is 0 Å². The molecule has 2 atom stereocenters. The van der Waals surface area contributed by atoms with Crippen molar-refractivity contribution in [3.63, 3.8) is 0 Å². The highest BCUT2D eigenvalue weighted by Crippen LogP contribution is 2.41. The Labute approximate surface area is 219 Å². The van der Waals surface area contributed by atoms with Crippen LogP contribution >= 0.6 is 12.4 Å². The number of carbonyl (C=O) groups excluding carboxylic acids is 1. The molecule has 3 aromatic carbocycles. The molecular formula is C30H32ClN3O2. The second-order valence-corrected chi connectivity index (χ2v) is 9.43. The molecule has 0 radical (unpaired) electrons. The Morgan fingerprint density at radius 1 is 1.03 bits per heavy atom. The van der Waals surface area contributed by atoms with Crippen molar-refractivity contribution in [2.75, 3.05) is 26.2 Å². The fourth-order valence-corrected chi connectivity index (χ4v) is 5.39. The first kappa shape index (κ1) is 25.8. The molecule has 1 N–H and O–H groups in total. The lowest BCUT2D eigenvalue weighted by molar-refractivity contribution is 0.0645. The molecule has 36 heavy (non-hydrogen) atoms. The van der Waals surface area contributed by atoms with Gasteiger partial charge in [-0.15, -0.1) is 12.4 Å². The third-order valence-corrected chi connectivity index (χ3v) is 7.25. The molecule has 3 aromatic rings. The van der Waals surface area contributed by atoms with Crippen LogP contribution in [0.5, 0.6) is 5.75 Å². The molecule has 0 aromatic heterocycles. The Hall–Kier alpha value is -3.33. The van der Waals surface area contributed by atoms with Gasteiger partial charge in [-0.2, -0.15) is 5.26 Å². The molecule has 1 amide bonds. The number of nitrogens with one attached hydrogen (secondary N) is 1. The van der Waals surface area contributed by atoms with Gasteiger partial charge in [-0.25, -0.2) is 0 Å². The SMILES string of the molecule is Cl.N#Cc1ccc2c(c1)C1CCCN(CCCCNC(=O)c3ccc(-c4ccccc4)cc3)C1CO2. The van der Waals surface area contributed by atoms with E-state index >= 15 is 0 Å². The Kier molecular flexibility index (Phi) is 8.64. The van der Waals surface area contributed by atoms with Crippen molar-refractivity contribution in [2.24, 2.45) is 0 Å². The summed E-state index contributed by atoms with van der Waals surface area (Å²) in [5.41, 5.74) is 4.85. The summed E-state index contributed by atoms with van der Waals surface area (Å²) in [5, 5.41) is 12.4. The molecule has 1 fully saturated rings. The zero-order chi connectivity index (χ0) is 24.0. The van der Waals surface area contributed by atoms with Crippen LogP contribution in [-0.4, -0.2) is 43.1 Å². The van der Waals surface area contributed by atoms with E-state index in [1.807, 2.05) is 60.7 Å². The molecule has 2 aliphatic heterocycles. The number of benzene rings is 3. The van der Waals surface area contributed by atoms with Gasteiger partial charge in [0, 0.05) is 23.6 Å². The van der Waals surface area contributed by atoms with Crippen LogP contribution in [0, 0.1) is 11.3 Å². The predicted molar refractivity (Wildman–Crippen MR) is 145 cm³/mol. The summed E-state index contributed by atoms with van der Waals surface area (Å²) in [7, 11) is 0. The van der Waals surface area contributed by atoms with Gasteiger partial charge in [-0.05, 0) is 80.2 Å². The fourth-order valence-electron chi connectivity index (χ4n) is 5.39. The number of rotatable bonds is 7. The van der Waals surface area contributed by atoms with Crippen LogP contribution in [0.1, 0.15) is 53.1 Å². The molecule has 2 heterocycles. The third kappa shape index (κ3) is 5.73. The number of unbranched alkanes of at least 4 members (excludes halogenated alkanes) is 1. The van der Waals surface area contributed by atoms with Crippen molar-refractivity contribution >= 4 is 18.3 Å². The average molecular weight is 502 g/mol. The quantitative estimate of drug-likeness (QED) is 0.416. The maximum Gasteiger partial charge on any atom is 0.251 e. The number of hydrogen-bond donors (Lipinski definition) is 1. The second kappa shape index (κ2) is 12.1. The van der Waals surface area contributed by atoms with E-state index in [9.17, 15) is 10.1 Å². The van der Waals surface area contributed by atoms with Crippen LogP contribution in [0.2, 0.25) is 0 Å². The molecule has 0 bridgehead atoms. The Morgan fingerprint density at radius 2 is 1.81 bits per heavy atom.